The van der Waals surface area contributed by atoms with Gasteiger partial charge >= 0.3 is 10.2 Å². The zero-order valence-electron chi connectivity index (χ0n) is 30.1. The lowest BCUT2D eigenvalue weighted by atomic mass is 9.81. The number of likely N-dealkylation sites (tertiary alicyclic amines) is 1. The van der Waals surface area contributed by atoms with Crippen LogP contribution in [0.3, 0.4) is 0 Å². The number of hydrogen-bond donors (Lipinski definition) is 2. The highest BCUT2D eigenvalue weighted by atomic mass is 32.2. The topological polar surface area (TPSA) is 113 Å². The van der Waals surface area contributed by atoms with Gasteiger partial charge in [0.05, 0.1) is 18.2 Å². The molecule has 1 saturated heterocycles. The number of nitrogens with one attached hydrogen (secondary N) is 2. The molecule has 10 nitrogen and oxygen atoms in total. The van der Waals surface area contributed by atoms with E-state index in [-0.39, 0.29) is 23.4 Å². The number of carbonyl (C=O) groups is 2. The molecule has 11 heteroatoms. The highest BCUT2D eigenvalue weighted by molar-refractivity contribution is 7.87. The zero-order chi connectivity index (χ0) is 35.2. The van der Waals surface area contributed by atoms with Crippen molar-refractivity contribution in [1.82, 2.24) is 23.8 Å². The minimum absolute atomic E-state index is 0.0638. The molecule has 2 aromatic carbocycles. The van der Waals surface area contributed by atoms with Gasteiger partial charge in [-0.15, -0.1) is 0 Å². The molecule has 3 aromatic rings. The molecule has 4 atom stereocenters. The molecule has 2 N–H and O–H groups in total. The average Bonchev–Trinajstić information content (AvgIpc) is 3.77. The van der Waals surface area contributed by atoms with E-state index in [2.05, 4.69) is 38.6 Å². The van der Waals surface area contributed by atoms with E-state index in [0.29, 0.717) is 18.5 Å². The Morgan fingerprint density at radius 3 is 2.43 bits per heavy atom. The SMILES string of the molecule is CC.CNC(C)CC1CCN1C(=O)C12CC1c1cc(OC)ccc1-c1c(C3CCCCC3)c3ccc(C(=O)NS(=O)(=O)N(C)C)cc3n1C2. The average molecular weight is 692 g/mol. The molecule has 1 aromatic heterocycles. The monoisotopic (exact) mass is 691 g/mol. The third-order valence-electron chi connectivity index (χ3n) is 11.4. The summed E-state index contributed by atoms with van der Waals surface area (Å²) in [5, 5.41) is 4.41. The highest BCUT2D eigenvalue weighted by Crippen LogP contribution is 2.66. The fourth-order valence-corrected chi connectivity index (χ4v) is 8.99. The van der Waals surface area contributed by atoms with Crippen LogP contribution < -0.4 is 14.8 Å². The third kappa shape index (κ3) is 6.16. The van der Waals surface area contributed by atoms with Crippen LogP contribution in [0.5, 0.6) is 5.75 Å². The minimum atomic E-state index is -3.97. The Morgan fingerprint density at radius 1 is 1.06 bits per heavy atom. The van der Waals surface area contributed by atoms with Gasteiger partial charge in [0.2, 0.25) is 5.91 Å². The molecule has 0 radical (unpaired) electrons. The summed E-state index contributed by atoms with van der Waals surface area (Å²) in [4.78, 5) is 30.2. The van der Waals surface area contributed by atoms with Crippen molar-refractivity contribution < 1.29 is 22.7 Å². The summed E-state index contributed by atoms with van der Waals surface area (Å²) in [6, 6.07) is 12.4. The van der Waals surface area contributed by atoms with Gasteiger partial charge in [-0.05, 0) is 93.5 Å². The highest BCUT2D eigenvalue weighted by Gasteiger charge is 2.65. The molecule has 2 aliphatic carbocycles. The lowest BCUT2D eigenvalue weighted by Crippen LogP contribution is -2.56. The second-order valence-electron chi connectivity index (χ2n) is 14.4. The summed E-state index contributed by atoms with van der Waals surface area (Å²) in [6.45, 7) is 7.45. The van der Waals surface area contributed by atoms with Crippen molar-refractivity contribution >= 4 is 32.9 Å². The molecular formula is C38H53N5O5S. The quantitative estimate of drug-likeness (QED) is 0.284. The van der Waals surface area contributed by atoms with Crippen LogP contribution in [0.25, 0.3) is 22.2 Å². The van der Waals surface area contributed by atoms with Gasteiger partial charge in [-0.3, -0.25) is 9.59 Å². The molecule has 7 rings (SSSR count). The van der Waals surface area contributed by atoms with Crippen LogP contribution in [0.2, 0.25) is 0 Å². The predicted octanol–water partition coefficient (Wildman–Crippen LogP) is 6.01. The molecule has 4 aliphatic rings. The first kappa shape index (κ1) is 35.4. The van der Waals surface area contributed by atoms with Gasteiger partial charge < -0.3 is 19.5 Å². The molecule has 2 aliphatic heterocycles. The van der Waals surface area contributed by atoms with Crippen molar-refractivity contribution in [3.05, 3.63) is 53.1 Å². The fraction of sp³-hybridized carbons (Fsp3) is 0.579. The van der Waals surface area contributed by atoms with Gasteiger partial charge in [0.1, 0.15) is 5.75 Å². The maximum absolute atomic E-state index is 14.7. The second-order valence-corrected chi connectivity index (χ2v) is 16.3. The van der Waals surface area contributed by atoms with Gasteiger partial charge in [-0.2, -0.15) is 12.7 Å². The van der Waals surface area contributed by atoms with Crippen molar-refractivity contribution in [2.24, 2.45) is 5.41 Å². The van der Waals surface area contributed by atoms with Gasteiger partial charge in [0, 0.05) is 67.2 Å². The zero-order valence-corrected chi connectivity index (χ0v) is 31.0. The Labute approximate surface area is 291 Å². The van der Waals surface area contributed by atoms with Crippen LogP contribution >= 0.6 is 0 Å². The molecule has 4 unspecified atom stereocenters. The Bertz CT molecular complexity index is 1850. The first-order valence-electron chi connectivity index (χ1n) is 18.1. The number of benzene rings is 2. The molecule has 0 bridgehead atoms. The van der Waals surface area contributed by atoms with E-state index in [1.165, 1.54) is 38.9 Å². The van der Waals surface area contributed by atoms with Crippen molar-refractivity contribution in [1.29, 1.82) is 0 Å². The van der Waals surface area contributed by atoms with E-state index in [1.54, 1.807) is 13.2 Å². The van der Waals surface area contributed by atoms with Crippen molar-refractivity contribution in [2.45, 2.75) is 103 Å². The Balaban J connectivity index is 0.00000205. The molecule has 2 saturated carbocycles. The van der Waals surface area contributed by atoms with Gasteiger partial charge in [-0.1, -0.05) is 39.2 Å². The number of hydrogen-bond acceptors (Lipinski definition) is 6. The standard InChI is InChI=1S/C36H47N5O5S.C2H6/c1-22(37-2)17-25-15-16-40(25)35(43)36-20-30(36)29-19-26(46-5)12-14-27(29)33-32(23-9-7-6-8-10-23)28-13-11-24(18-31(28)41(33)21-36)34(42)38-47(44,45)39(3)4;1-2/h11-14,18-19,22-23,25,30,37H,6-10,15-17,20-21H2,1-5H3,(H,38,42);1-2H3. The van der Waals surface area contributed by atoms with E-state index in [0.717, 1.165) is 76.4 Å². The summed E-state index contributed by atoms with van der Waals surface area (Å²) in [7, 11) is 2.46. The van der Waals surface area contributed by atoms with Crippen LogP contribution in [-0.2, 0) is 21.5 Å². The summed E-state index contributed by atoms with van der Waals surface area (Å²) in [5.74, 6) is 0.748. The Hall–Kier alpha value is -3.41. The van der Waals surface area contributed by atoms with Crippen LogP contribution in [0.4, 0.5) is 0 Å². The first-order valence-corrected chi connectivity index (χ1v) is 19.5. The van der Waals surface area contributed by atoms with E-state index in [9.17, 15) is 18.0 Å². The molecule has 3 fully saturated rings. The van der Waals surface area contributed by atoms with Crippen molar-refractivity contribution in [2.75, 3.05) is 34.8 Å². The van der Waals surface area contributed by atoms with E-state index in [1.807, 2.05) is 39.1 Å². The maximum atomic E-state index is 14.7. The first-order chi connectivity index (χ1) is 23.5. The fourth-order valence-electron chi connectivity index (χ4n) is 8.45. The molecule has 3 heterocycles. The van der Waals surface area contributed by atoms with Crippen LogP contribution in [-0.4, -0.2) is 80.9 Å². The normalized spacial score (nSPS) is 23.6. The van der Waals surface area contributed by atoms with Gasteiger partial charge in [0.25, 0.3) is 5.91 Å². The van der Waals surface area contributed by atoms with Gasteiger partial charge in [0.15, 0.2) is 0 Å². The van der Waals surface area contributed by atoms with Crippen LogP contribution in [0, 0.1) is 5.41 Å². The van der Waals surface area contributed by atoms with Gasteiger partial charge in [-0.25, -0.2) is 4.72 Å². The second kappa shape index (κ2) is 13.7. The number of nitrogens with zero attached hydrogens (tertiary/aromatic N) is 3. The number of rotatable bonds is 9. The summed E-state index contributed by atoms with van der Waals surface area (Å²) in [6.07, 6.45) is 8.44. The maximum Gasteiger partial charge on any atom is 0.303 e. The van der Waals surface area contributed by atoms with Crippen molar-refractivity contribution in [3.8, 4) is 17.0 Å². The molecule has 2 amide bonds. The lowest BCUT2D eigenvalue weighted by molar-refractivity contribution is -0.146. The Kier molecular flexibility index (Phi) is 9.92. The largest absolute Gasteiger partial charge is 0.497 e. The number of ether oxygens (including phenoxy) is 1. The lowest BCUT2D eigenvalue weighted by Gasteiger charge is -2.44. The predicted molar refractivity (Wildman–Crippen MR) is 194 cm³/mol. The number of fused-ring (bicyclic) bond motifs is 7. The van der Waals surface area contributed by atoms with E-state index in [4.69, 9.17) is 4.74 Å². The van der Waals surface area contributed by atoms with Crippen molar-refractivity contribution in [3.63, 3.8) is 0 Å². The van der Waals surface area contributed by atoms with Crippen LogP contribution in [0.15, 0.2) is 36.4 Å². The smallest absolute Gasteiger partial charge is 0.303 e. The van der Waals surface area contributed by atoms with Crippen LogP contribution in [0.1, 0.15) is 105 Å². The third-order valence-corrected chi connectivity index (χ3v) is 12.8. The summed E-state index contributed by atoms with van der Waals surface area (Å²) in [5.41, 5.74) is 5.25. The number of carbonyl (C=O) groups excluding carboxylic acids is 2. The van der Waals surface area contributed by atoms with E-state index < -0.39 is 21.5 Å². The Morgan fingerprint density at radius 2 is 1.80 bits per heavy atom. The molecule has 0 spiro atoms. The number of amides is 2. The van der Waals surface area contributed by atoms with E-state index >= 15 is 0 Å². The summed E-state index contributed by atoms with van der Waals surface area (Å²) >= 11 is 0. The summed E-state index contributed by atoms with van der Waals surface area (Å²) < 4.78 is 36.3. The molecule has 49 heavy (non-hydrogen) atoms. The number of methoxy groups -OCH3 is 1. The molecular weight excluding hydrogens is 639 g/mol. The minimum Gasteiger partial charge on any atom is -0.497 e. The number of aromatic nitrogens is 1. The molecule has 266 valence electrons.